The van der Waals surface area contributed by atoms with Gasteiger partial charge in [-0.25, -0.2) is 0 Å². The molecule has 0 aliphatic rings. The third kappa shape index (κ3) is 2.71. The standard InChI is InChI=1S/C13H16N4O3/c1-8-11(9(2)16-15-8)7-14-10-4-5-13(20-3)12(6-10)17(18)19/h4-6,14H,7H2,1-3H3,(H,15,16). The average molecular weight is 276 g/mol. The number of H-pyrrole nitrogens is 1. The molecule has 0 unspecified atom stereocenters. The van der Waals surface area contributed by atoms with Crippen molar-refractivity contribution in [3.8, 4) is 5.75 Å². The number of hydrogen-bond acceptors (Lipinski definition) is 5. The number of nitrogens with one attached hydrogen (secondary N) is 2. The number of benzene rings is 1. The highest BCUT2D eigenvalue weighted by Crippen LogP contribution is 2.29. The lowest BCUT2D eigenvalue weighted by atomic mass is 10.2. The molecule has 106 valence electrons. The van der Waals surface area contributed by atoms with Gasteiger partial charge in [0.05, 0.1) is 17.7 Å². The van der Waals surface area contributed by atoms with E-state index in [-0.39, 0.29) is 11.4 Å². The van der Waals surface area contributed by atoms with Gasteiger partial charge in [-0.1, -0.05) is 0 Å². The van der Waals surface area contributed by atoms with Crippen LogP contribution in [0.1, 0.15) is 17.0 Å². The minimum Gasteiger partial charge on any atom is -0.490 e. The fourth-order valence-electron chi connectivity index (χ4n) is 1.97. The average Bonchev–Trinajstić information content (AvgIpc) is 2.75. The van der Waals surface area contributed by atoms with Crippen molar-refractivity contribution in [2.24, 2.45) is 0 Å². The molecule has 0 atom stereocenters. The summed E-state index contributed by atoms with van der Waals surface area (Å²) >= 11 is 0. The lowest BCUT2D eigenvalue weighted by Gasteiger charge is -2.08. The van der Waals surface area contributed by atoms with Gasteiger partial charge in [0.15, 0.2) is 5.75 Å². The summed E-state index contributed by atoms with van der Waals surface area (Å²) < 4.78 is 4.97. The lowest BCUT2D eigenvalue weighted by Crippen LogP contribution is -2.02. The zero-order valence-corrected chi connectivity index (χ0v) is 11.6. The third-order valence-electron chi connectivity index (χ3n) is 3.13. The second-order valence-electron chi connectivity index (χ2n) is 4.41. The second-order valence-corrected chi connectivity index (χ2v) is 4.41. The van der Waals surface area contributed by atoms with E-state index in [1.165, 1.54) is 13.2 Å². The van der Waals surface area contributed by atoms with Crippen LogP contribution in [0.25, 0.3) is 0 Å². The van der Waals surface area contributed by atoms with Gasteiger partial charge in [-0.15, -0.1) is 0 Å². The van der Waals surface area contributed by atoms with Crippen molar-refractivity contribution in [3.63, 3.8) is 0 Å². The molecule has 1 aromatic heterocycles. The zero-order chi connectivity index (χ0) is 14.7. The molecule has 0 fully saturated rings. The number of rotatable bonds is 5. The van der Waals surface area contributed by atoms with Gasteiger partial charge in [-0.2, -0.15) is 5.10 Å². The van der Waals surface area contributed by atoms with E-state index in [4.69, 9.17) is 4.74 Å². The van der Waals surface area contributed by atoms with E-state index in [2.05, 4.69) is 15.5 Å². The van der Waals surface area contributed by atoms with E-state index < -0.39 is 4.92 Å². The number of hydrogen-bond donors (Lipinski definition) is 2. The molecule has 2 aromatic rings. The van der Waals surface area contributed by atoms with Gasteiger partial charge in [-0.05, 0) is 26.0 Å². The van der Waals surface area contributed by atoms with Crippen molar-refractivity contribution in [2.45, 2.75) is 20.4 Å². The Morgan fingerprint density at radius 2 is 2.20 bits per heavy atom. The molecule has 0 spiro atoms. The summed E-state index contributed by atoms with van der Waals surface area (Å²) in [6.07, 6.45) is 0. The topological polar surface area (TPSA) is 93.1 Å². The van der Waals surface area contributed by atoms with Crippen molar-refractivity contribution in [2.75, 3.05) is 12.4 Å². The Hall–Kier alpha value is -2.57. The Kier molecular flexibility index (Phi) is 3.88. The molecule has 0 bridgehead atoms. The van der Waals surface area contributed by atoms with E-state index in [9.17, 15) is 10.1 Å². The number of aromatic amines is 1. The number of nitro benzene ring substituents is 1. The highest BCUT2D eigenvalue weighted by atomic mass is 16.6. The maximum absolute atomic E-state index is 11.0. The Morgan fingerprint density at radius 3 is 2.75 bits per heavy atom. The van der Waals surface area contributed by atoms with Crippen molar-refractivity contribution in [1.82, 2.24) is 10.2 Å². The van der Waals surface area contributed by atoms with Crippen LogP contribution in [0.4, 0.5) is 11.4 Å². The monoisotopic (exact) mass is 276 g/mol. The van der Waals surface area contributed by atoms with Gasteiger partial charge in [0.2, 0.25) is 0 Å². The number of methoxy groups -OCH3 is 1. The van der Waals surface area contributed by atoms with Gasteiger partial charge >= 0.3 is 5.69 Å². The van der Waals surface area contributed by atoms with Gasteiger partial charge < -0.3 is 10.1 Å². The number of aryl methyl sites for hydroxylation is 2. The highest BCUT2D eigenvalue weighted by molar-refractivity contribution is 5.58. The fourth-order valence-corrected chi connectivity index (χ4v) is 1.97. The van der Waals surface area contributed by atoms with E-state index in [0.717, 1.165) is 17.0 Å². The maximum Gasteiger partial charge on any atom is 0.312 e. The quantitative estimate of drug-likeness (QED) is 0.646. The Morgan fingerprint density at radius 1 is 1.45 bits per heavy atom. The lowest BCUT2D eigenvalue weighted by molar-refractivity contribution is -0.385. The van der Waals surface area contributed by atoms with Gasteiger partial charge in [0.25, 0.3) is 0 Å². The molecule has 0 aliphatic heterocycles. The summed E-state index contributed by atoms with van der Waals surface area (Å²) in [5.74, 6) is 0.247. The van der Waals surface area contributed by atoms with Crippen LogP contribution in [-0.4, -0.2) is 22.2 Å². The van der Waals surface area contributed by atoms with Crippen molar-refractivity contribution in [1.29, 1.82) is 0 Å². The van der Waals surface area contributed by atoms with Gasteiger partial charge in [0, 0.05) is 29.6 Å². The van der Waals surface area contributed by atoms with Crippen LogP contribution >= 0.6 is 0 Å². The molecule has 2 N–H and O–H groups in total. The van der Waals surface area contributed by atoms with Crippen molar-refractivity contribution < 1.29 is 9.66 Å². The first-order valence-electron chi connectivity index (χ1n) is 6.09. The molecule has 7 heteroatoms. The minimum atomic E-state index is -0.460. The predicted molar refractivity (Wildman–Crippen MR) is 75.0 cm³/mol. The predicted octanol–water partition coefficient (Wildman–Crippen LogP) is 2.56. The van der Waals surface area contributed by atoms with Gasteiger partial charge in [-0.3, -0.25) is 15.2 Å². The van der Waals surface area contributed by atoms with Crippen LogP contribution in [0.15, 0.2) is 18.2 Å². The van der Waals surface area contributed by atoms with E-state index in [1.54, 1.807) is 12.1 Å². The molecule has 2 rings (SSSR count). The molecular formula is C13H16N4O3. The summed E-state index contributed by atoms with van der Waals surface area (Å²) in [4.78, 5) is 10.5. The number of nitro groups is 1. The molecule has 1 heterocycles. The van der Waals surface area contributed by atoms with E-state index >= 15 is 0 Å². The molecule has 0 saturated heterocycles. The number of nitrogens with zero attached hydrogens (tertiary/aromatic N) is 2. The van der Waals surface area contributed by atoms with Crippen molar-refractivity contribution in [3.05, 3.63) is 45.3 Å². The Balaban J connectivity index is 2.18. The molecule has 20 heavy (non-hydrogen) atoms. The largest absolute Gasteiger partial charge is 0.490 e. The summed E-state index contributed by atoms with van der Waals surface area (Å²) in [6, 6.07) is 4.79. The third-order valence-corrected chi connectivity index (χ3v) is 3.13. The van der Waals surface area contributed by atoms with Crippen LogP contribution in [0.2, 0.25) is 0 Å². The highest BCUT2D eigenvalue weighted by Gasteiger charge is 2.15. The van der Waals surface area contributed by atoms with Crippen LogP contribution in [0.3, 0.4) is 0 Å². The molecular weight excluding hydrogens is 260 g/mol. The number of aromatic nitrogens is 2. The van der Waals surface area contributed by atoms with Crippen LogP contribution in [-0.2, 0) is 6.54 Å². The minimum absolute atomic E-state index is 0.0573. The molecule has 7 nitrogen and oxygen atoms in total. The summed E-state index contributed by atoms with van der Waals surface area (Å²) in [5.41, 5.74) is 3.56. The van der Waals surface area contributed by atoms with Gasteiger partial charge in [0.1, 0.15) is 0 Å². The normalized spacial score (nSPS) is 10.3. The van der Waals surface area contributed by atoms with Crippen LogP contribution < -0.4 is 10.1 Å². The first kappa shape index (κ1) is 13.9. The first-order valence-corrected chi connectivity index (χ1v) is 6.09. The summed E-state index contributed by atoms with van der Waals surface area (Å²) in [7, 11) is 1.41. The smallest absolute Gasteiger partial charge is 0.312 e. The molecule has 1 aromatic carbocycles. The maximum atomic E-state index is 11.0. The molecule has 0 aliphatic carbocycles. The van der Waals surface area contributed by atoms with E-state index in [0.29, 0.717) is 12.2 Å². The number of ether oxygens (including phenoxy) is 1. The Labute approximate surface area is 116 Å². The molecule has 0 radical (unpaired) electrons. The van der Waals surface area contributed by atoms with E-state index in [1.807, 2.05) is 13.8 Å². The summed E-state index contributed by atoms with van der Waals surface area (Å²) in [6.45, 7) is 4.40. The van der Waals surface area contributed by atoms with Crippen LogP contribution in [0.5, 0.6) is 5.75 Å². The second kappa shape index (κ2) is 5.60. The Bertz CT molecular complexity index is 617. The molecule has 0 saturated carbocycles. The fraction of sp³-hybridized carbons (Fsp3) is 0.308. The first-order chi connectivity index (χ1) is 9.52. The SMILES string of the molecule is COc1ccc(NCc2c(C)n[nH]c2C)cc1[N+](=O)[O-]. The summed E-state index contributed by atoms with van der Waals surface area (Å²) in [5, 5.41) is 21.1. The van der Waals surface area contributed by atoms with Crippen molar-refractivity contribution >= 4 is 11.4 Å². The zero-order valence-electron chi connectivity index (χ0n) is 11.6. The van der Waals surface area contributed by atoms with Crippen LogP contribution in [0, 0.1) is 24.0 Å². The molecule has 0 amide bonds. The number of anilines is 1.